The van der Waals surface area contributed by atoms with Crippen LogP contribution in [0.2, 0.25) is 0 Å². The van der Waals surface area contributed by atoms with Gasteiger partial charge in [-0.05, 0) is 101 Å². The Morgan fingerprint density at radius 3 is 1.81 bits per heavy atom. The number of benzene rings is 9. The van der Waals surface area contributed by atoms with Gasteiger partial charge in [0.25, 0.3) is 0 Å². The molecule has 0 atom stereocenters. The molecule has 0 radical (unpaired) electrons. The summed E-state index contributed by atoms with van der Waals surface area (Å²) in [6.07, 6.45) is 0. The molecule has 0 aliphatic heterocycles. The molecule has 1 heterocycles. The van der Waals surface area contributed by atoms with E-state index in [1.54, 1.807) is 54.6 Å². The maximum absolute atomic E-state index is 9.61. The molecule has 0 N–H and O–H groups in total. The van der Waals surface area contributed by atoms with Gasteiger partial charge in [0, 0.05) is 10.8 Å². The number of hydrogen-bond donors (Lipinski definition) is 0. The third-order valence-corrected chi connectivity index (χ3v) is 8.74. The summed E-state index contributed by atoms with van der Waals surface area (Å²) in [6, 6.07) is 14.2. The van der Waals surface area contributed by atoms with E-state index in [4.69, 9.17) is 16.8 Å². The second-order valence-electron chi connectivity index (χ2n) is 11.3. The summed E-state index contributed by atoms with van der Waals surface area (Å²) in [7, 11) is 0. The summed E-state index contributed by atoms with van der Waals surface area (Å²) in [5.74, 6) is 0. The van der Waals surface area contributed by atoms with E-state index in [2.05, 4.69) is 0 Å². The van der Waals surface area contributed by atoms with Crippen LogP contribution in [0.15, 0.2) is 174 Å². The first kappa shape index (κ1) is 15.4. The predicted octanol–water partition coefficient (Wildman–Crippen LogP) is 13.2. The number of hydrogen-bond acceptors (Lipinski definition) is 1. The van der Waals surface area contributed by atoms with Crippen LogP contribution in [-0.4, -0.2) is 0 Å². The Kier molecular flexibility index (Phi) is 3.33. The van der Waals surface area contributed by atoms with Gasteiger partial charge in [-0.2, -0.15) is 0 Å². The molecule has 0 spiro atoms. The predicted molar refractivity (Wildman–Crippen MR) is 200 cm³/mol. The van der Waals surface area contributed by atoms with E-state index in [-0.39, 0.29) is 60.1 Å². The van der Waals surface area contributed by atoms with Crippen molar-refractivity contribution in [3.05, 3.63) is 169 Å². The van der Waals surface area contributed by atoms with Crippen LogP contribution in [0.25, 0.3) is 98.4 Å². The molecule has 0 bridgehead atoms. The van der Waals surface area contributed by atoms with Crippen molar-refractivity contribution < 1.29 is 25.0 Å². The van der Waals surface area contributed by atoms with E-state index in [0.717, 1.165) is 5.39 Å². The molecule has 0 fully saturated rings. The van der Waals surface area contributed by atoms with Crippen molar-refractivity contribution in [1.29, 1.82) is 0 Å². The van der Waals surface area contributed by atoms with Gasteiger partial charge in [0.15, 0.2) is 0 Å². The zero-order valence-electron chi connectivity index (χ0n) is 39.4. The lowest BCUT2D eigenvalue weighted by Crippen LogP contribution is -1.94. The SMILES string of the molecule is [2H]c1c([2H])c([2H])c2c([2H])c(-c3c(-c4c5c([2H])c([2H])c([2H])c([2H])c5c(-c5ccc6oc7ccccc7c6c5)c5c([2H])c([2H])c([2H])c([2H])c45)ccc4ccccc34)c([2H])c([2H])c2c1[2H]. The van der Waals surface area contributed by atoms with Gasteiger partial charge in [0.2, 0.25) is 0 Å². The smallest absolute Gasteiger partial charge is 0.135 e. The average molecular weight is 612 g/mol. The van der Waals surface area contributed by atoms with Crippen LogP contribution in [0, 0.1) is 0 Å². The van der Waals surface area contributed by atoms with E-state index < -0.39 is 90.6 Å². The summed E-state index contributed by atoms with van der Waals surface area (Å²) in [5, 5.41) is 1.45. The molecule has 0 aliphatic rings. The first-order chi connectivity index (χ1) is 29.6. The molecule has 0 saturated heterocycles. The molecule has 0 unspecified atom stereocenters. The Morgan fingerprint density at radius 1 is 0.383 bits per heavy atom. The van der Waals surface area contributed by atoms with Gasteiger partial charge in [-0.3, -0.25) is 0 Å². The summed E-state index contributed by atoms with van der Waals surface area (Å²) >= 11 is 0. The van der Waals surface area contributed by atoms with E-state index in [1.807, 2.05) is 24.3 Å². The van der Waals surface area contributed by atoms with Crippen molar-refractivity contribution in [3.8, 4) is 33.4 Å². The lowest BCUT2D eigenvalue weighted by atomic mass is 9.82. The largest absolute Gasteiger partial charge is 0.456 e. The number of furan rings is 1. The summed E-state index contributed by atoms with van der Waals surface area (Å²) in [6.45, 7) is 0. The van der Waals surface area contributed by atoms with E-state index in [9.17, 15) is 8.22 Å². The first-order valence-electron chi connectivity index (χ1n) is 22.5. The van der Waals surface area contributed by atoms with E-state index in [0.29, 0.717) is 32.9 Å². The minimum absolute atomic E-state index is 0.0475. The van der Waals surface area contributed by atoms with Crippen LogP contribution in [0.5, 0.6) is 0 Å². The zero-order chi connectivity index (χ0) is 44.0. The Hall–Kier alpha value is -6.18. The molecule has 1 nitrogen and oxygen atoms in total. The maximum atomic E-state index is 9.61. The standard InChI is InChI=1S/C46H28O/c1-2-13-31-27-32(22-21-29(31)11-1)44-34-14-4-3-12-30(34)23-25-40(44)46-38-18-7-5-16-36(38)45(37-17-6-8-19-39(37)46)33-24-26-43-41(28-33)35-15-9-10-20-42(35)47-43/h1-28H/i1D,2D,5D,6D,7D,8D,11D,13D,16D,17D,18D,19D,21D,22D,27D. The van der Waals surface area contributed by atoms with Crippen molar-refractivity contribution in [1.82, 2.24) is 0 Å². The molecule has 0 aliphatic carbocycles. The normalized spacial score (nSPS) is 16.3. The van der Waals surface area contributed by atoms with Crippen LogP contribution in [-0.2, 0) is 0 Å². The summed E-state index contributed by atoms with van der Waals surface area (Å²) < 4.78 is 142. The molecule has 9 aromatic carbocycles. The fourth-order valence-corrected chi connectivity index (χ4v) is 6.72. The van der Waals surface area contributed by atoms with Crippen molar-refractivity contribution in [2.45, 2.75) is 0 Å². The number of para-hydroxylation sites is 1. The van der Waals surface area contributed by atoms with Gasteiger partial charge >= 0.3 is 0 Å². The fourth-order valence-electron chi connectivity index (χ4n) is 6.72. The minimum Gasteiger partial charge on any atom is -0.456 e. The Balaban J connectivity index is 1.49. The molecule has 0 amide bonds. The van der Waals surface area contributed by atoms with Gasteiger partial charge in [0.1, 0.15) is 11.2 Å². The van der Waals surface area contributed by atoms with Crippen LogP contribution in [0.3, 0.4) is 0 Å². The highest BCUT2D eigenvalue weighted by atomic mass is 16.3. The minimum atomic E-state index is -0.640. The molecule has 10 aromatic rings. The van der Waals surface area contributed by atoms with Crippen LogP contribution >= 0.6 is 0 Å². The number of rotatable bonds is 3. The Labute approximate surface area is 293 Å². The van der Waals surface area contributed by atoms with Crippen LogP contribution in [0.1, 0.15) is 20.6 Å². The highest BCUT2D eigenvalue weighted by Crippen LogP contribution is 2.48. The molecule has 0 saturated carbocycles. The maximum Gasteiger partial charge on any atom is 0.135 e. The molecule has 1 aromatic heterocycles. The lowest BCUT2D eigenvalue weighted by Gasteiger charge is -2.21. The van der Waals surface area contributed by atoms with Crippen LogP contribution in [0.4, 0.5) is 0 Å². The third-order valence-electron chi connectivity index (χ3n) is 8.74. The topological polar surface area (TPSA) is 13.1 Å². The van der Waals surface area contributed by atoms with Crippen molar-refractivity contribution >= 4 is 65.0 Å². The van der Waals surface area contributed by atoms with Gasteiger partial charge in [-0.1, -0.05) is 145 Å². The average Bonchev–Trinajstić information content (AvgIpc) is 3.65. The molecule has 218 valence electrons. The molecular formula is C46H28O. The van der Waals surface area contributed by atoms with Crippen molar-refractivity contribution in [2.24, 2.45) is 0 Å². The van der Waals surface area contributed by atoms with Crippen molar-refractivity contribution in [2.75, 3.05) is 0 Å². The monoisotopic (exact) mass is 611 g/mol. The number of fused-ring (bicyclic) bond motifs is 7. The highest BCUT2D eigenvalue weighted by Gasteiger charge is 2.21. The van der Waals surface area contributed by atoms with Crippen molar-refractivity contribution in [3.63, 3.8) is 0 Å². The Bertz CT molecular complexity index is 3620. The van der Waals surface area contributed by atoms with Gasteiger partial charge in [-0.15, -0.1) is 0 Å². The second kappa shape index (κ2) is 10.2. The zero-order valence-corrected chi connectivity index (χ0v) is 24.4. The summed E-state index contributed by atoms with van der Waals surface area (Å²) in [5.41, 5.74) is 1.53. The van der Waals surface area contributed by atoms with E-state index >= 15 is 0 Å². The van der Waals surface area contributed by atoms with Gasteiger partial charge in [-0.25, -0.2) is 0 Å². The molecular weight excluding hydrogens is 569 g/mol. The molecule has 10 rings (SSSR count). The van der Waals surface area contributed by atoms with Gasteiger partial charge in [0.05, 0.1) is 20.6 Å². The fraction of sp³-hybridized carbons (Fsp3) is 0. The third kappa shape index (κ3) is 3.97. The second-order valence-corrected chi connectivity index (χ2v) is 11.3. The van der Waals surface area contributed by atoms with E-state index in [1.165, 1.54) is 0 Å². The quantitative estimate of drug-likeness (QED) is 0.181. The van der Waals surface area contributed by atoms with Crippen LogP contribution < -0.4 is 0 Å². The lowest BCUT2D eigenvalue weighted by molar-refractivity contribution is 0.669. The highest BCUT2D eigenvalue weighted by molar-refractivity contribution is 6.24. The van der Waals surface area contributed by atoms with Gasteiger partial charge < -0.3 is 4.42 Å². The molecule has 1 heteroatoms. The summed E-state index contributed by atoms with van der Waals surface area (Å²) in [4.78, 5) is 0. The molecule has 47 heavy (non-hydrogen) atoms. The first-order valence-corrected chi connectivity index (χ1v) is 15.0. The Morgan fingerprint density at radius 2 is 1.02 bits per heavy atom.